The van der Waals surface area contributed by atoms with Crippen molar-refractivity contribution >= 4 is 22.7 Å². The summed E-state index contributed by atoms with van der Waals surface area (Å²) >= 11 is 3.46. The maximum Gasteiger partial charge on any atom is 0.0926 e. The summed E-state index contributed by atoms with van der Waals surface area (Å²) < 4.78 is 0. The summed E-state index contributed by atoms with van der Waals surface area (Å²) in [5, 5.41) is 18.8. The van der Waals surface area contributed by atoms with Crippen LogP contribution in [0.5, 0.6) is 0 Å². The molecule has 2 nitrogen and oxygen atoms in total. The summed E-state index contributed by atoms with van der Waals surface area (Å²) in [5.41, 5.74) is 2.09. The van der Waals surface area contributed by atoms with Crippen molar-refractivity contribution in [3.63, 3.8) is 0 Å². The highest BCUT2D eigenvalue weighted by Crippen LogP contribution is 2.52. The summed E-state index contributed by atoms with van der Waals surface area (Å²) in [5.74, 6) is -0.645. The van der Waals surface area contributed by atoms with Crippen molar-refractivity contribution in [1.82, 2.24) is 0 Å². The van der Waals surface area contributed by atoms with Crippen molar-refractivity contribution in [2.45, 2.75) is 25.7 Å². The first-order valence-corrected chi connectivity index (χ1v) is 7.29. The van der Waals surface area contributed by atoms with Crippen LogP contribution in [0.1, 0.15) is 32.7 Å². The second-order valence-corrected chi connectivity index (χ2v) is 7.01. The molecule has 0 aliphatic heterocycles. The molecule has 1 aliphatic rings. The average Bonchev–Trinajstić information content (AvgIpc) is 2.89. The molecule has 0 amide bonds. The Kier molecular flexibility index (Phi) is 2.52. The van der Waals surface area contributed by atoms with Gasteiger partial charge in [-0.05, 0) is 37.1 Å². The Labute approximate surface area is 114 Å². The van der Waals surface area contributed by atoms with Gasteiger partial charge in [0, 0.05) is 19.5 Å². The third-order valence-corrected chi connectivity index (χ3v) is 5.55. The van der Waals surface area contributed by atoms with E-state index in [9.17, 15) is 10.5 Å². The highest BCUT2D eigenvalue weighted by atomic mass is 32.1. The SMILES string of the molecule is Cc1cc2c(s1)-c1sc(C)cc1C(C#N)C2C#N. The number of nitriles is 2. The molecule has 2 aromatic heterocycles. The molecule has 0 spiro atoms. The van der Waals surface area contributed by atoms with E-state index < -0.39 is 0 Å². The number of hydrogen-bond acceptors (Lipinski definition) is 4. The Balaban J connectivity index is 2.34. The van der Waals surface area contributed by atoms with Crippen LogP contribution in [0.3, 0.4) is 0 Å². The fourth-order valence-electron chi connectivity index (χ4n) is 2.53. The molecule has 0 aromatic carbocycles. The molecule has 0 N–H and O–H groups in total. The molecule has 0 bridgehead atoms. The second kappa shape index (κ2) is 3.95. The van der Waals surface area contributed by atoms with Crippen LogP contribution in [0.2, 0.25) is 0 Å². The van der Waals surface area contributed by atoms with E-state index in [0.29, 0.717) is 0 Å². The van der Waals surface area contributed by atoms with Gasteiger partial charge in [-0.3, -0.25) is 0 Å². The van der Waals surface area contributed by atoms with E-state index in [-0.39, 0.29) is 11.8 Å². The predicted molar refractivity (Wildman–Crippen MR) is 73.8 cm³/mol. The highest BCUT2D eigenvalue weighted by Gasteiger charge is 2.36. The fourth-order valence-corrected chi connectivity index (χ4v) is 4.83. The summed E-state index contributed by atoms with van der Waals surface area (Å²) in [4.78, 5) is 4.80. The van der Waals surface area contributed by atoms with Crippen molar-refractivity contribution < 1.29 is 0 Å². The minimum Gasteiger partial charge on any atom is -0.198 e. The molecule has 2 unspecified atom stereocenters. The lowest BCUT2D eigenvalue weighted by Crippen LogP contribution is -2.12. The van der Waals surface area contributed by atoms with Crippen molar-refractivity contribution in [2.24, 2.45) is 0 Å². The third kappa shape index (κ3) is 1.43. The zero-order valence-corrected chi connectivity index (χ0v) is 11.7. The fraction of sp³-hybridized carbons (Fsp3) is 0.286. The maximum atomic E-state index is 9.39. The summed E-state index contributed by atoms with van der Waals surface area (Å²) in [6.07, 6.45) is 0. The first kappa shape index (κ1) is 11.5. The minimum absolute atomic E-state index is 0.323. The van der Waals surface area contributed by atoms with Crippen LogP contribution in [-0.4, -0.2) is 0 Å². The zero-order chi connectivity index (χ0) is 12.9. The van der Waals surface area contributed by atoms with Crippen LogP contribution in [0, 0.1) is 36.5 Å². The summed E-state index contributed by atoms with van der Waals surface area (Å²) in [6.45, 7) is 4.11. The molecule has 0 saturated heterocycles. The standard InChI is InChI=1S/C14H10N2S2/c1-7-3-9-11(5-15)12(6-16)10-4-8(2)18-14(10)13(9)17-7/h3-4,11-12H,1-2H3. The Morgan fingerprint density at radius 1 is 0.889 bits per heavy atom. The maximum absolute atomic E-state index is 9.39. The lowest BCUT2D eigenvalue weighted by molar-refractivity contribution is 0.758. The molecule has 88 valence electrons. The molecule has 2 atom stereocenters. The summed E-state index contributed by atoms with van der Waals surface area (Å²) in [7, 11) is 0. The van der Waals surface area contributed by atoms with Gasteiger partial charge in [0.2, 0.25) is 0 Å². The van der Waals surface area contributed by atoms with E-state index in [1.54, 1.807) is 22.7 Å². The van der Waals surface area contributed by atoms with Crippen molar-refractivity contribution in [1.29, 1.82) is 10.5 Å². The average molecular weight is 270 g/mol. The van der Waals surface area contributed by atoms with Crippen LogP contribution in [-0.2, 0) is 0 Å². The molecular formula is C14H10N2S2. The lowest BCUT2D eigenvalue weighted by Gasteiger charge is -2.21. The first-order chi connectivity index (χ1) is 8.65. The van der Waals surface area contributed by atoms with E-state index in [0.717, 1.165) is 11.1 Å². The van der Waals surface area contributed by atoms with Gasteiger partial charge in [-0.15, -0.1) is 22.7 Å². The Bertz CT molecular complexity index is 647. The smallest absolute Gasteiger partial charge is 0.0926 e. The van der Waals surface area contributed by atoms with E-state index in [1.807, 2.05) is 0 Å². The highest BCUT2D eigenvalue weighted by molar-refractivity contribution is 7.22. The van der Waals surface area contributed by atoms with Crippen LogP contribution in [0.15, 0.2) is 12.1 Å². The Hall–Kier alpha value is -1.62. The molecule has 0 fully saturated rings. The molecule has 0 saturated carbocycles. The van der Waals surface area contributed by atoms with Crippen LogP contribution >= 0.6 is 22.7 Å². The van der Waals surface area contributed by atoms with Gasteiger partial charge in [-0.1, -0.05) is 0 Å². The van der Waals surface area contributed by atoms with Crippen LogP contribution in [0.25, 0.3) is 9.75 Å². The number of nitrogens with zero attached hydrogens (tertiary/aromatic N) is 2. The largest absolute Gasteiger partial charge is 0.198 e. The van der Waals surface area contributed by atoms with Gasteiger partial charge < -0.3 is 0 Å². The Morgan fingerprint density at radius 2 is 1.28 bits per heavy atom. The number of thiophene rings is 2. The molecule has 2 heterocycles. The van der Waals surface area contributed by atoms with Crippen molar-refractivity contribution in [3.8, 4) is 21.9 Å². The van der Waals surface area contributed by atoms with E-state index >= 15 is 0 Å². The second-order valence-electron chi connectivity index (χ2n) is 4.50. The monoisotopic (exact) mass is 270 g/mol. The van der Waals surface area contributed by atoms with E-state index in [1.165, 1.54) is 19.5 Å². The normalized spacial score (nSPS) is 20.7. The van der Waals surface area contributed by atoms with E-state index in [4.69, 9.17) is 0 Å². The molecule has 3 rings (SSSR count). The molecular weight excluding hydrogens is 260 g/mol. The van der Waals surface area contributed by atoms with Gasteiger partial charge >= 0.3 is 0 Å². The molecule has 18 heavy (non-hydrogen) atoms. The van der Waals surface area contributed by atoms with E-state index in [2.05, 4.69) is 38.1 Å². The third-order valence-electron chi connectivity index (χ3n) is 3.26. The summed E-state index contributed by atoms with van der Waals surface area (Å²) in [6, 6.07) is 8.76. The van der Waals surface area contributed by atoms with Crippen molar-refractivity contribution in [2.75, 3.05) is 0 Å². The minimum atomic E-state index is -0.323. The number of aryl methyl sites for hydroxylation is 2. The van der Waals surface area contributed by atoms with Crippen LogP contribution in [0.4, 0.5) is 0 Å². The number of rotatable bonds is 0. The molecule has 1 aliphatic carbocycles. The molecule has 0 radical (unpaired) electrons. The predicted octanol–water partition coefficient (Wildman–Crippen LogP) is 4.32. The van der Waals surface area contributed by atoms with Gasteiger partial charge in [0.25, 0.3) is 0 Å². The van der Waals surface area contributed by atoms with Crippen LogP contribution < -0.4 is 0 Å². The van der Waals surface area contributed by atoms with Gasteiger partial charge in [0.15, 0.2) is 0 Å². The quantitative estimate of drug-likeness (QED) is 0.715. The van der Waals surface area contributed by atoms with Crippen molar-refractivity contribution in [3.05, 3.63) is 33.0 Å². The Morgan fingerprint density at radius 3 is 1.61 bits per heavy atom. The van der Waals surface area contributed by atoms with Gasteiger partial charge in [0.1, 0.15) is 0 Å². The van der Waals surface area contributed by atoms with Gasteiger partial charge in [-0.2, -0.15) is 10.5 Å². The lowest BCUT2D eigenvalue weighted by atomic mass is 9.79. The zero-order valence-electron chi connectivity index (χ0n) is 10.0. The first-order valence-electron chi connectivity index (χ1n) is 5.66. The van der Waals surface area contributed by atoms with Gasteiger partial charge in [0.05, 0.1) is 24.0 Å². The number of hydrogen-bond donors (Lipinski definition) is 0. The molecule has 2 aromatic rings. The van der Waals surface area contributed by atoms with Gasteiger partial charge in [-0.25, -0.2) is 0 Å². The number of fused-ring (bicyclic) bond motifs is 3. The molecule has 4 heteroatoms. The topological polar surface area (TPSA) is 47.6 Å².